The topological polar surface area (TPSA) is 87.1 Å². The van der Waals surface area contributed by atoms with E-state index >= 15 is 0 Å². The molecule has 7 heteroatoms. The lowest BCUT2D eigenvalue weighted by Gasteiger charge is -2.28. The number of nitrogens with zero attached hydrogens (tertiary/aromatic N) is 5. The van der Waals surface area contributed by atoms with E-state index in [0.717, 1.165) is 72.8 Å². The van der Waals surface area contributed by atoms with Crippen molar-refractivity contribution in [3.05, 3.63) is 47.5 Å². The molecule has 5 rings (SSSR count). The van der Waals surface area contributed by atoms with Crippen LogP contribution in [-0.4, -0.2) is 50.8 Å². The van der Waals surface area contributed by atoms with Gasteiger partial charge >= 0.3 is 0 Å². The number of rotatable bonds is 6. The molecule has 0 spiro atoms. The molecule has 2 N–H and O–H groups in total. The van der Waals surface area contributed by atoms with E-state index in [9.17, 15) is 5.11 Å². The van der Waals surface area contributed by atoms with Crippen LogP contribution in [0.15, 0.2) is 30.3 Å². The predicted molar refractivity (Wildman–Crippen MR) is 133 cm³/mol. The third kappa shape index (κ3) is 5.14. The third-order valence-corrected chi connectivity index (χ3v) is 6.79. The monoisotopic (exact) mass is 444 g/mol. The number of aryl methyl sites for hydroxylation is 1. The minimum absolute atomic E-state index is 0.297. The normalized spacial score (nSPS) is 21.2. The minimum Gasteiger partial charge on any atom is -0.396 e. The van der Waals surface area contributed by atoms with Crippen LogP contribution in [0.1, 0.15) is 55.7 Å². The van der Waals surface area contributed by atoms with E-state index in [0.29, 0.717) is 24.4 Å². The smallest absolute Gasteiger partial charge is 0.156 e. The Kier molecular flexibility index (Phi) is 6.48. The molecule has 1 saturated heterocycles. The number of anilines is 2. The van der Waals surface area contributed by atoms with Crippen LogP contribution in [0.4, 0.5) is 11.6 Å². The summed E-state index contributed by atoms with van der Waals surface area (Å²) in [5.74, 6) is 2.98. The fourth-order valence-electron chi connectivity index (χ4n) is 4.82. The number of aliphatic hydroxyl groups is 1. The van der Waals surface area contributed by atoms with E-state index in [1.54, 1.807) is 0 Å². The molecule has 1 aromatic carbocycles. The second-order valence-corrected chi connectivity index (χ2v) is 9.22. The van der Waals surface area contributed by atoms with Gasteiger partial charge in [-0.1, -0.05) is 12.1 Å². The van der Waals surface area contributed by atoms with Crippen molar-refractivity contribution >= 4 is 34.8 Å². The van der Waals surface area contributed by atoms with Crippen molar-refractivity contribution < 1.29 is 5.11 Å². The summed E-state index contributed by atoms with van der Waals surface area (Å²) in [7, 11) is 0. The molecule has 0 radical (unpaired) electrons. The van der Waals surface area contributed by atoms with Gasteiger partial charge in [0.15, 0.2) is 5.82 Å². The number of nitrogens with one attached hydrogen (secondary N) is 1. The fourth-order valence-corrected chi connectivity index (χ4v) is 4.82. The van der Waals surface area contributed by atoms with Crippen molar-refractivity contribution in [2.24, 2.45) is 5.92 Å². The lowest BCUT2D eigenvalue weighted by atomic mass is 9.86. The lowest BCUT2D eigenvalue weighted by molar-refractivity contribution is 0.185. The SMILES string of the molecule is Cc1nc2ccccc2nc1C=Cc1nc(N[C@H]2CC[C@H](CO)CC2)cc(N2CCCC2)n1. The summed E-state index contributed by atoms with van der Waals surface area (Å²) in [6.07, 6.45) is 10.6. The summed E-state index contributed by atoms with van der Waals surface area (Å²) in [4.78, 5) is 21.5. The summed E-state index contributed by atoms with van der Waals surface area (Å²) in [6.45, 7) is 4.36. The van der Waals surface area contributed by atoms with Gasteiger partial charge in [-0.15, -0.1) is 0 Å². The van der Waals surface area contributed by atoms with Gasteiger partial charge in [0, 0.05) is 31.8 Å². The lowest BCUT2D eigenvalue weighted by Crippen LogP contribution is -2.28. The summed E-state index contributed by atoms with van der Waals surface area (Å²) >= 11 is 0. The molecule has 0 unspecified atom stereocenters. The van der Waals surface area contributed by atoms with Crippen LogP contribution in [-0.2, 0) is 0 Å². The predicted octanol–water partition coefficient (Wildman–Crippen LogP) is 4.46. The molecule has 172 valence electrons. The fraction of sp³-hybridized carbons (Fsp3) is 0.462. The molecular weight excluding hydrogens is 412 g/mol. The van der Waals surface area contributed by atoms with Crippen LogP contribution in [0.2, 0.25) is 0 Å². The Morgan fingerprint density at radius 2 is 1.70 bits per heavy atom. The van der Waals surface area contributed by atoms with Gasteiger partial charge in [0.25, 0.3) is 0 Å². The van der Waals surface area contributed by atoms with Crippen LogP contribution in [0.3, 0.4) is 0 Å². The van der Waals surface area contributed by atoms with Gasteiger partial charge < -0.3 is 15.3 Å². The summed E-state index contributed by atoms with van der Waals surface area (Å²) in [5, 5.41) is 13.1. The Morgan fingerprint density at radius 3 is 2.42 bits per heavy atom. The molecule has 3 heterocycles. The van der Waals surface area contributed by atoms with Gasteiger partial charge in [-0.2, -0.15) is 0 Å². The van der Waals surface area contributed by atoms with Gasteiger partial charge in [-0.3, -0.25) is 0 Å². The number of benzene rings is 1. The van der Waals surface area contributed by atoms with Crippen LogP contribution in [0.25, 0.3) is 23.2 Å². The first kappa shape index (κ1) is 21.8. The first-order valence-corrected chi connectivity index (χ1v) is 12.1. The minimum atomic E-state index is 0.297. The van der Waals surface area contributed by atoms with Gasteiger partial charge in [0.1, 0.15) is 11.6 Å². The van der Waals surface area contributed by atoms with Crippen LogP contribution >= 0.6 is 0 Å². The molecule has 33 heavy (non-hydrogen) atoms. The largest absolute Gasteiger partial charge is 0.396 e. The van der Waals surface area contributed by atoms with Crippen molar-refractivity contribution in [2.75, 3.05) is 29.9 Å². The van der Waals surface area contributed by atoms with Crippen molar-refractivity contribution in [1.82, 2.24) is 19.9 Å². The number of hydrogen-bond donors (Lipinski definition) is 2. The van der Waals surface area contributed by atoms with Crippen molar-refractivity contribution in [2.45, 2.75) is 51.5 Å². The van der Waals surface area contributed by atoms with E-state index in [4.69, 9.17) is 15.0 Å². The highest BCUT2D eigenvalue weighted by Gasteiger charge is 2.22. The highest BCUT2D eigenvalue weighted by molar-refractivity contribution is 5.77. The zero-order valence-corrected chi connectivity index (χ0v) is 19.2. The maximum Gasteiger partial charge on any atom is 0.156 e. The summed E-state index contributed by atoms with van der Waals surface area (Å²) < 4.78 is 0. The maximum atomic E-state index is 9.43. The van der Waals surface area contributed by atoms with Crippen LogP contribution in [0, 0.1) is 12.8 Å². The second kappa shape index (κ2) is 9.83. The van der Waals surface area contributed by atoms with E-state index in [1.807, 2.05) is 43.3 Å². The van der Waals surface area contributed by atoms with Crippen LogP contribution in [0.5, 0.6) is 0 Å². The van der Waals surface area contributed by atoms with E-state index in [2.05, 4.69) is 21.3 Å². The quantitative estimate of drug-likeness (QED) is 0.580. The highest BCUT2D eigenvalue weighted by Crippen LogP contribution is 2.28. The zero-order valence-electron chi connectivity index (χ0n) is 19.2. The van der Waals surface area contributed by atoms with Gasteiger partial charge in [-0.25, -0.2) is 19.9 Å². The molecule has 2 fully saturated rings. The van der Waals surface area contributed by atoms with E-state index in [1.165, 1.54) is 12.8 Å². The second-order valence-electron chi connectivity index (χ2n) is 9.22. The number of fused-ring (bicyclic) bond motifs is 1. The Bertz CT molecular complexity index is 1130. The van der Waals surface area contributed by atoms with Gasteiger partial charge in [0.2, 0.25) is 0 Å². The zero-order chi connectivity index (χ0) is 22.6. The molecule has 1 saturated carbocycles. The van der Waals surface area contributed by atoms with Crippen molar-refractivity contribution in [3.8, 4) is 0 Å². The van der Waals surface area contributed by atoms with Gasteiger partial charge in [-0.05, 0) is 75.7 Å². The average molecular weight is 445 g/mol. The molecule has 0 bridgehead atoms. The molecular formula is C26H32N6O. The Hall–Kier alpha value is -3.06. The number of para-hydroxylation sites is 2. The first-order chi connectivity index (χ1) is 16.2. The average Bonchev–Trinajstić information content (AvgIpc) is 3.38. The van der Waals surface area contributed by atoms with Gasteiger partial charge in [0.05, 0.1) is 22.4 Å². The van der Waals surface area contributed by atoms with Crippen molar-refractivity contribution in [1.29, 1.82) is 0 Å². The Labute approximate surface area is 195 Å². The number of aromatic nitrogens is 4. The summed E-state index contributed by atoms with van der Waals surface area (Å²) in [6, 6.07) is 10.4. The molecule has 2 aromatic heterocycles. The van der Waals surface area contributed by atoms with E-state index < -0.39 is 0 Å². The standard InChI is InChI=1S/C26H32N6O/c1-18-21(29-23-7-3-2-6-22(23)27-18)12-13-24-30-25(16-26(31-24)32-14-4-5-15-32)28-20-10-8-19(17-33)9-11-20/h2-3,6-7,12-13,16,19-20,33H,4-5,8-11,14-15,17H2,1H3,(H,28,30,31)/t19-,20-. The van der Waals surface area contributed by atoms with E-state index in [-0.39, 0.29) is 0 Å². The molecule has 0 amide bonds. The molecule has 3 aromatic rings. The number of aliphatic hydroxyl groups excluding tert-OH is 1. The maximum absolute atomic E-state index is 9.43. The highest BCUT2D eigenvalue weighted by atomic mass is 16.3. The third-order valence-electron chi connectivity index (χ3n) is 6.79. The summed E-state index contributed by atoms with van der Waals surface area (Å²) in [5.41, 5.74) is 3.51. The number of hydrogen-bond acceptors (Lipinski definition) is 7. The molecule has 1 aliphatic heterocycles. The molecule has 7 nitrogen and oxygen atoms in total. The Balaban J connectivity index is 1.40. The van der Waals surface area contributed by atoms with Crippen LogP contribution < -0.4 is 10.2 Å². The molecule has 2 aliphatic rings. The van der Waals surface area contributed by atoms with Crippen molar-refractivity contribution in [3.63, 3.8) is 0 Å². The molecule has 1 aliphatic carbocycles. The molecule has 0 atom stereocenters. The first-order valence-electron chi connectivity index (χ1n) is 12.1. The Morgan fingerprint density at radius 1 is 0.970 bits per heavy atom.